The molecular weight excluding hydrogens is 280 g/mol. The van der Waals surface area contributed by atoms with Crippen LogP contribution < -0.4 is 4.90 Å². The van der Waals surface area contributed by atoms with Crippen molar-refractivity contribution in [2.45, 2.75) is 13.0 Å². The van der Waals surface area contributed by atoms with E-state index in [9.17, 15) is 0 Å². The molecule has 110 valence electrons. The van der Waals surface area contributed by atoms with Gasteiger partial charge in [0, 0.05) is 42.9 Å². The van der Waals surface area contributed by atoms with Crippen LogP contribution in [0.25, 0.3) is 0 Å². The molecule has 2 aromatic rings. The van der Waals surface area contributed by atoms with Gasteiger partial charge in [0.15, 0.2) is 0 Å². The lowest BCUT2D eigenvalue weighted by atomic mass is 10.1. The molecule has 1 heterocycles. The van der Waals surface area contributed by atoms with Crippen molar-refractivity contribution in [2.75, 3.05) is 31.1 Å². The number of benzene rings is 2. The fourth-order valence-electron chi connectivity index (χ4n) is 3.02. The molecule has 1 unspecified atom stereocenters. The van der Waals surface area contributed by atoms with Gasteiger partial charge in [-0.3, -0.25) is 4.90 Å². The van der Waals surface area contributed by atoms with Gasteiger partial charge in [-0.05, 0) is 30.7 Å². The smallest absolute Gasteiger partial charge is 0.0453 e. The average Bonchev–Trinajstić information content (AvgIpc) is 2.56. The summed E-state index contributed by atoms with van der Waals surface area (Å²) in [6.45, 7) is 6.53. The number of para-hydroxylation sites is 1. The maximum atomic E-state index is 6.33. The van der Waals surface area contributed by atoms with E-state index >= 15 is 0 Å². The molecule has 1 aliphatic rings. The molecular formula is C18H21ClN2. The van der Waals surface area contributed by atoms with Gasteiger partial charge in [0.25, 0.3) is 0 Å². The first kappa shape index (κ1) is 14.4. The molecule has 1 fully saturated rings. The van der Waals surface area contributed by atoms with Crippen molar-refractivity contribution in [2.24, 2.45) is 0 Å². The summed E-state index contributed by atoms with van der Waals surface area (Å²) in [7, 11) is 0. The van der Waals surface area contributed by atoms with E-state index in [4.69, 9.17) is 11.6 Å². The predicted octanol–water partition coefficient (Wildman–Crippen LogP) is 4.22. The topological polar surface area (TPSA) is 6.48 Å². The van der Waals surface area contributed by atoms with Gasteiger partial charge >= 0.3 is 0 Å². The van der Waals surface area contributed by atoms with Gasteiger partial charge in [-0.15, -0.1) is 0 Å². The van der Waals surface area contributed by atoms with E-state index in [1.807, 2.05) is 12.1 Å². The highest BCUT2D eigenvalue weighted by Gasteiger charge is 2.23. The lowest BCUT2D eigenvalue weighted by Crippen LogP contribution is -2.47. The Morgan fingerprint density at radius 1 is 0.857 bits per heavy atom. The lowest BCUT2D eigenvalue weighted by Gasteiger charge is -2.39. The first-order valence-electron chi connectivity index (χ1n) is 7.54. The van der Waals surface area contributed by atoms with Crippen LogP contribution >= 0.6 is 11.6 Å². The van der Waals surface area contributed by atoms with E-state index in [-0.39, 0.29) is 0 Å². The third-order valence-corrected chi connectivity index (χ3v) is 4.68. The Balaban J connectivity index is 1.65. The van der Waals surface area contributed by atoms with Gasteiger partial charge in [0.05, 0.1) is 0 Å². The number of halogens is 1. The molecule has 1 aliphatic heterocycles. The van der Waals surface area contributed by atoms with E-state index in [0.29, 0.717) is 6.04 Å². The van der Waals surface area contributed by atoms with E-state index in [1.54, 1.807) is 0 Å². The summed E-state index contributed by atoms with van der Waals surface area (Å²) in [4.78, 5) is 4.97. The van der Waals surface area contributed by atoms with E-state index in [2.05, 4.69) is 59.2 Å². The second-order valence-electron chi connectivity index (χ2n) is 5.56. The quantitative estimate of drug-likeness (QED) is 0.837. The SMILES string of the molecule is CC(c1ccccc1Cl)N1CCN(c2ccccc2)CC1. The molecule has 2 aromatic carbocycles. The zero-order valence-electron chi connectivity index (χ0n) is 12.4. The van der Waals surface area contributed by atoms with Crippen LogP contribution in [0.5, 0.6) is 0 Å². The van der Waals surface area contributed by atoms with Crippen molar-refractivity contribution in [3.05, 3.63) is 65.2 Å². The van der Waals surface area contributed by atoms with Gasteiger partial charge in [0.2, 0.25) is 0 Å². The third kappa shape index (κ3) is 3.22. The number of piperazine rings is 1. The highest BCUT2D eigenvalue weighted by Crippen LogP contribution is 2.28. The second-order valence-corrected chi connectivity index (χ2v) is 5.96. The number of hydrogen-bond acceptors (Lipinski definition) is 2. The predicted molar refractivity (Wildman–Crippen MR) is 90.1 cm³/mol. The van der Waals surface area contributed by atoms with Crippen molar-refractivity contribution in [1.82, 2.24) is 4.90 Å². The molecule has 3 heteroatoms. The average molecular weight is 301 g/mol. The van der Waals surface area contributed by atoms with Crippen LogP contribution in [0.2, 0.25) is 5.02 Å². The van der Waals surface area contributed by atoms with Crippen LogP contribution in [0.15, 0.2) is 54.6 Å². The normalized spacial score (nSPS) is 17.7. The third-order valence-electron chi connectivity index (χ3n) is 4.34. The second kappa shape index (κ2) is 6.50. The largest absolute Gasteiger partial charge is 0.369 e. The highest BCUT2D eigenvalue weighted by atomic mass is 35.5. The molecule has 1 saturated heterocycles. The Labute approximate surface area is 131 Å². The van der Waals surface area contributed by atoms with Crippen LogP contribution in [0.4, 0.5) is 5.69 Å². The van der Waals surface area contributed by atoms with E-state index < -0.39 is 0 Å². The molecule has 0 aliphatic carbocycles. The summed E-state index contributed by atoms with van der Waals surface area (Å²) in [6.07, 6.45) is 0. The Morgan fingerprint density at radius 2 is 1.48 bits per heavy atom. The summed E-state index contributed by atoms with van der Waals surface area (Å²) >= 11 is 6.33. The monoisotopic (exact) mass is 300 g/mol. The lowest BCUT2D eigenvalue weighted by molar-refractivity contribution is 0.198. The van der Waals surface area contributed by atoms with Gasteiger partial charge in [0.1, 0.15) is 0 Å². The fourth-order valence-corrected chi connectivity index (χ4v) is 3.31. The maximum Gasteiger partial charge on any atom is 0.0453 e. The number of nitrogens with zero attached hydrogens (tertiary/aromatic N) is 2. The van der Waals surface area contributed by atoms with Crippen molar-refractivity contribution in [1.29, 1.82) is 0 Å². The molecule has 0 aromatic heterocycles. The molecule has 0 saturated carbocycles. The molecule has 2 nitrogen and oxygen atoms in total. The Kier molecular flexibility index (Phi) is 4.47. The van der Waals surface area contributed by atoms with Gasteiger partial charge in [-0.2, -0.15) is 0 Å². The molecule has 3 rings (SSSR count). The van der Waals surface area contributed by atoms with Crippen LogP contribution in [-0.2, 0) is 0 Å². The fraction of sp³-hybridized carbons (Fsp3) is 0.333. The molecule has 1 atom stereocenters. The summed E-state index contributed by atoms with van der Waals surface area (Å²) in [5.41, 5.74) is 2.55. The zero-order valence-corrected chi connectivity index (χ0v) is 13.1. The Hall–Kier alpha value is -1.51. The minimum atomic E-state index is 0.372. The van der Waals surface area contributed by atoms with Gasteiger partial charge in [-0.1, -0.05) is 48.0 Å². The highest BCUT2D eigenvalue weighted by molar-refractivity contribution is 6.31. The van der Waals surface area contributed by atoms with E-state index in [1.165, 1.54) is 11.3 Å². The summed E-state index contributed by atoms with van der Waals surface area (Å²) in [6, 6.07) is 19.2. The van der Waals surface area contributed by atoms with Crippen molar-refractivity contribution in [3.63, 3.8) is 0 Å². The number of rotatable bonds is 3. The number of anilines is 1. The standard InChI is InChI=1S/C18H21ClN2/c1-15(17-9-5-6-10-18(17)19)20-11-13-21(14-12-20)16-7-3-2-4-8-16/h2-10,15H,11-14H2,1H3. The zero-order chi connectivity index (χ0) is 14.7. The summed E-state index contributed by atoms with van der Waals surface area (Å²) in [5.74, 6) is 0. The van der Waals surface area contributed by atoms with Crippen LogP contribution in [0.1, 0.15) is 18.5 Å². The van der Waals surface area contributed by atoms with Gasteiger partial charge in [-0.25, -0.2) is 0 Å². The Morgan fingerprint density at radius 3 is 2.14 bits per heavy atom. The minimum Gasteiger partial charge on any atom is -0.369 e. The first-order valence-corrected chi connectivity index (χ1v) is 7.92. The first-order chi connectivity index (χ1) is 10.3. The van der Waals surface area contributed by atoms with Gasteiger partial charge < -0.3 is 4.90 Å². The van der Waals surface area contributed by atoms with Crippen LogP contribution in [0.3, 0.4) is 0 Å². The Bertz CT molecular complexity index is 577. The van der Waals surface area contributed by atoms with Crippen molar-refractivity contribution in [3.8, 4) is 0 Å². The molecule has 0 bridgehead atoms. The van der Waals surface area contributed by atoms with Crippen molar-refractivity contribution < 1.29 is 0 Å². The molecule has 0 radical (unpaired) electrons. The van der Waals surface area contributed by atoms with Crippen molar-refractivity contribution >= 4 is 17.3 Å². The minimum absolute atomic E-state index is 0.372. The van der Waals surface area contributed by atoms with Crippen LogP contribution in [0, 0.1) is 0 Å². The maximum absolute atomic E-state index is 6.33. The van der Waals surface area contributed by atoms with Crippen LogP contribution in [-0.4, -0.2) is 31.1 Å². The summed E-state index contributed by atoms with van der Waals surface area (Å²) in [5, 5.41) is 0.871. The molecule has 0 spiro atoms. The number of hydrogen-bond donors (Lipinski definition) is 0. The summed E-state index contributed by atoms with van der Waals surface area (Å²) < 4.78 is 0. The molecule has 21 heavy (non-hydrogen) atoms. The molecule has 0 amide bonds. The van der Waals surface area contributed by atoms with E-state index in [0.717, 1.165) is 31.2 Å². The molecule has 0 N–H and O–H groups in total.